The molecule has 7 heteroatoms. The van der Waals surface area contributed by atoms with Gasteiger partial charge in [0.2, 0.25) is 0 Å². The van der Waals surface area contributed by atoms with Gasteiger partial charge in [-0.3, -0.25) is 0 Å². The molecule has 232 valence electrons. The maximum Gasteiger partial charge on any atom is 0.137 e. The first kappa shape index (κ1) is 29.1. The second-order valence-electron chi connectivity index (χ2n) is 11.6. The summed E-state index contributed by atoms with van der Waals surface area (Å²) in [4.78, 5) is 9.15. The summed E-state index contributed by atoms with van der Waals surface area (Å²) in [5.74, 6) is 2.05. The molecule has 4 heterocycles. The fourth-order valence-corrected chi connectivity index (χ4v) is 6.52. The van der Waals surface area contributed by atoms with Gasteiger partial charge in [-0.15, -0.1) is 41.4 Å². The van der Waals surface area contributed by atoms with E-state index >= 15 is 0 Å². The molecular weight excluding hydrogens is 762 g/mol. The number of hydrogen-bond donors (Lipinski definition) is 0. The SMILES string of the molecule is CN1[CH-]N(c2[c-]c(Oc3[c-]c4c(cc3)c3cc(-c5ccccc5)ccc3n4-c3cc4c(ccn4C)cn3)ccc2)c2ccccc21.[Pt]. The standard InChI is InChI=1S/C40H28N5O.Pt/c1-42-20-19-29-25-41-40(24-38(29)42)45-35-18-15-28(27-9-4-3-5-10-27)21-34(35)33-17-16-32(23-39(33)45)46-31-12-8-11-30(22-31)44-26-43(2)36-13-6-7-14-37(36)44;/h3-21,24-26H,1-2H3;/q-3;. The summed E-state index contributed by atoms with van der Waals surface area (Å²) in [5.41, 5.74) is 8.57. The van der Waals surface area contributed by atoms with Crippen LogP contribution < -0.4 is 14.5 Å². The van der Waals surface area contributed by atoms with E-state index in [0.29, 0.717) is 11.5 Å². The van der Waals surface area contributed by atoms with E-state index in [1.165, 1.54) is 5.56 Å². The summed E-state index contributed by atoms with van der Waals surface area (Å²) >= 11 is 0. The monoisotopic (exact) mass is 789 g/mol. The topological polar surface area (TPSA) is 38.5 Å². The summed E-state index contributed by atoms with van der Waals surface area (Å²) in [6, 6.07) is 46.8. The van der Waals surface area contributed by atoms with Gasteiger partial charge >= 0.3 is 0 Å². The smallest absolute Gasteiger partial charge is 0.137 e. The van der Waals surface area contributed by atoms with Gasteiger partial charge in [0.1, 0.15) is 5.82 Å². The average molecular weight is 790 g/mol. The first-order valence-electron chi connectivity index (χ1n) is 15.2. The van der Waals surface area contributed by atoms with E-state index in [4.69, 9.17) is 9.72 Å². The largest absolute Gasteiger partial charge is 0.509 e. The van der Waals surface area contributed by atoms with E-state index in [1.807, 2.05) is 36.5 Å². The van der Waals surface area contributed by atoms with Crippen LogP contribution in [0, 0.1) is 18.8 Å². The van der Waals surface area contributed by atoms with E-state index in [9.17, 15) is 0 Å². The normalized spacial score (nSPS) is 12.6. The van der Waals surface area contributed by atoms with Gasteiger partial charge in [-0.1, -0.05) is 60.1 Å². The third-order valence-electron chi connectivity index (χ3n) is 8.78. The quantitative estimate of drug-likeness (QED) is 0.163. The molecule has 0 atom stereocenters. The first-order chi connectivity index (χ1) is 22.6. The summed E-state index contributed by atoms with van der Waals surface area (Å²) in [7, 11) is 4.11. The number of rotatable bonds is 5. The number of hydrogen-bond acceptors (Lipinski definition) is 4. The van der Waals surface area contributed by atoms with E-state index < -0.39 is 0 Å². The van der Waals surface area contributed by atoms with Crippen molar-refractivity contribution in [3.8, 4) is 28.4 Å². The Morgan fingerprint density at radius 3 is 2.36 bits per heavy atom. The van der Waals surface area contributed by atoms with Crippen LogP contribution in [0.5, 0.6) is 11.5 Å². The van der Waals surface area contributed by atoms with Crippen LogP contribution in [-0.4, -0.2) is 21.2 Å². The zero-order valence-corrected chi connectivity index (χ0v) is 27.9. The van der Waals surface area contributed by atoms with Crippen molar-refractivity contribution >= 4 is 49.8 Å². The van der Waals surface area contributed by atoms with Crippen LogP contribution in [0.4, 0.5) is 17.1 Å². The molecule has 0 N–H and O–H groups in total. The Kier molecular flexibility index (Phi) is 7.11. The van der Waals surface area contributed by atoms with Gasteiger partial charge in [-0.05, 0) is 47.8 Å². The van der Waals surface area contributed by atoms with Crippen molar-refractivity contribution in [2.45, 2.75) is 0 Å². The Balaban J connectivity index is 0.00000324. The van der Waals surface area contributed by atoms with Crippen LogP contribution in [0.15, 0.2) is 128 Å². The Morgan fingerprint density at radius 1 is 0.681 bits per heavy atom. The molecule has 0 radical (unpaired) electrons. The van der Waals surface area contributed by atoms with Gasteiger partial charge < -0.3 is 23.7 Å². The molecule has 9 rings (SSSR count). The van der Waals surface area contributed by atoms with Crippen molar-refractivity contribution in [3.63, 3.8) is 0 Å². The predicted octanol–water partition coefficient (Wildman–Crippen LogP) is 9.43. The number of pyridine rings is 1. The Labute approximate surface area is 287 Å². The molecule has 0 aliphatic carbocycles. The van der Waals surface area contributed by atoms with E-state index in [2.05, 4.69) is 143 Å². The Hall–Kier alpha value is -5.32. The molecule has 0 amide bonds. The minimum Gasteiger partial charge on any atom is -0.509 e. The number of fused-ring (bicyclic) bond motifs is 5. The summed E-state index contributed by atoms with van der Waals surface area (Å²) in [5, 5.41) is 3.32. The zero-order valence-electron chi connectivity index (χ0n) is 25.7. The van der Waals surface area contributed by atoms with E-state index in [-0.39, 0.29) is 21.1 Å². The molecule has 5 aromatic carbocycles. The van der Waals surface area contributed by atoms with Crippen molar-refractivity contribution in [1.82, 2.24) is 14.1 Å². The molecule has 0 bridgehead atoms. The summed E-state index contributed by atoms with van der Waals surface area (Å²) in [6.07, 6.45) is 4.00. The van der Waals surface area contributed by atoms with Crippen LogP contribution in [-0.2, 0) is 28.1 Å². The van der Waals surface area contributed by atoms with Crippen LogP contribution in [0.25, 0.3) is 49.7 Å². The molecule has 0 fully saturated rings. The molecule has 8 aromatic rings. The van der Waals surface area contributed by atoms with E-state index in [1.54, 1.807) is 0 Å². The fraction of sp³-hybridized carbons (Fsp3) is 0.0500. The van der Waals surface area contributed by atoms with Gasteiger partial charge in [0.05, 0.1) is 5.52 Å². The molecule has 6 nitrogen and oxygen atoms in total. The van der Waals surface area contributed by atoms with Crippen LogP contribution >= 0.6 is 0 Å². The number of ether oxygens (including phenoxy) is 1. The number of para-hydroxylation sites is 2. The van der Waals surface area contributed by atoms with Gasteiger partial charge in [-0.25, -0.2) is 4.98 Å². The number of aryl methyl sites for hydroxylation is 1. The molecular formula is C40H28N5OPt-3. The fourth-order valence-electron chi connectivity index (χ4n) is 6.52. The second kappa shape index (κ2) is 11.5. The maximum absolute atomic E-state index is 6.46. The summed E-state index contributed by atoms with van der Waals surface area (Å²) in [6.45, 7) is 2.07. The van der Waals surface area contributed by atoms with Crippen molar-refractivity contribution in [1.29, 1.82) is 0 Å². The Morgan fingerprint density at radius 2 is 1.49 bits per heavy atom. The van der Waals surface area contributed by atoms with Crippen molar-refractivity contribution < 1.29 is 25.8 Å². The molecule has 1 aliphatic heterocycles. The van der Waals surface area contributed by atoms with Crippen LogP contribution in [0.3, 0.4) is 0 Å². The number of anilines is 3. The minimum atomic E-state index is 0. The molecule has 0 saturated heterocycles. The van der Waals surface area contributed by atoms with Gasteiger partial charge in [0.15, 0.2) is 0 Å². The molecule has 0 saturated carbocycles. The third kappa shape index (κ3) is 4.88. The first-order valence-corrected chi connectivity index (χ1v) is 15.2. The number of benzene rings is 5. The van der Waals surface area contributed by atoms with Crippen LogP contribution in [0.1, 0.15) is 0 Å². The Bertz CT molecular complexity index is 2430. The maximum atomic E-state index is 6.46. The summed E-state index contributed by atoms with van der Waals surface area (Å²) < 4.78 is 10.8. The number of nitrogens with zero attached hydrogens (tertiary/aromatic N) is 5. The molecule has 0 unspecified atom stereocenters. The van der Waals surface area contributed by atoms with Crippen molar-refractivity contribution in [2.75, 3.05) is 16.8 Å². The zero-order chi connectivity index (χ0) is 30.8. The predicted molar refractivity (Wildman–Crippen MR) is 186 cm³/mol. The number of aromatic nitrogens is 3. The molecule has 1 aliphatic rings. The second-order valence-corrected chi connectivity index (χ2v) is 11.6. The minimum absolute atomic E-state index is 0. The molecule has 0 spiro atoms. The third-order valence-corrected chi connectivity index (χ3v) is 8.78. The van der Waals surface area contributed by atoms with Gasteiger partial charge in [-0.2, -0.15) is 18.8 Å². The van der Waals surface area contributed by atoms with Crippen molar-refractivity contribution in [3.05, 3.63) is 146 Å². The van der Waals surface area contributed by atoms with Crippen molar-refractivity contribution in [2.24, 2.45) is 7.05 Å². The van der Waals surface area contributed by atoms with Gasteiger partial charge in [0.25, 0.3) is 0 Å². The molecule has 47 heavy (non-hydrogen) atoms. The average Bonchev–Trinajstić information content (AvgIpc) is 3.75. The van der Waals surface area contributed by atoms with E-state index in [0.717, 1.165) is 61.2 Å². The van der Waals surface area contributed by atoms with Gasteiger partial charge in [0, 0.05) is 80.3 Å². The van der Waals surface area contributed by atoms with Crippen LogP contribution in [0.2, 0.25) is 0 Å². The molecule has 3 aromatic heterocycles.